The maximum absolute atomic E-state index is 2.18. The number of benzene rings is 2. The van der Waals surface area contributed by atoms with Crippen molar-refractivity contribution in [2.24, 2.45) is 0 Å². The fourth-order valence-electron chi connectivity index (χ4n) is 1.62. The van der Waals surface area contributed by atoms with Gasteiger partial charge in [-0.05, 0) is 17.5 Å². The van der Waals surface area contributed by atoms with Gasteiger partial charge in [-0.15, -0.1) is 0 Å². The molecule has 17 heavy (non-hydrogen) atoms. The van der Waals surface area contributed by atoms with Crippen molar-refractivity contribution < 1.29 is 0 Å². The summed E-state index contributed by atoms with van der Waals surface area (Å²) in [7, 11) is 0. The first-order chi connectivity index (χ1) is 8.45. The van der Waals surface area contributed by atoms with Crippen molar-refractivity contribution in [3.8, 4) is 0 Å². The highest BCUT2D eigenvalue weighted by atomic mass is 13.9. The zero-order valence-electron chi connectivity index (χ0n) is 9.79. The number of hydrogen-bond acceptors (Lipinski definition) is 0. The molecular weight excluding hydrogens is 204 g/mol. The summed E-state index contributed by atoms with van der Waals surface area (Å²) >= 11 is 0. The molecule has 0 heterocycles. The van der Waals surface area contributed by atoms with Crippen molar-refractivity contribution in [1.29, 1.82) is 0 Å². The summed E-state index contributed by atoms with van der Waals surface area (Å²) in [6.07, 6.45) is 9.61. The van der Waals surface area contributed by atoms with E-state index in [1.165, 1.54) is 11.1 Å². The smallest absolute Gasteiger partial charge is 0.0163 e. The van der Waals surface area contributed by atoms with Crippen LogP contribution in [0.4, 0.5) is 0 Å². The molecule has 0 atom stereocenters. The molecule has 0 bridgehead atoms. The van der Waals surface area contributed by atoms with E-state index in [0.717, 1.165) is 6.42 Å². The van der Waals surface area contributed by atoms with Crippen molar-refractivity contribution in [1.82, 2.24) is 0 Å². The second-order valence-corrected chi connectivity index (χ2v) is 3.86. The Morgan fingerprint density at radius 2 is 1.00 bits per heavy atom. The van der Waals surface area contributed by atoms with E-state index in [2.05, 4.69) is 72.8 Å². The third-order valence-corrected chi connectivity index (χ3v) is 2.49. The van der Waals surface area contributed by atoms with Crippen molar-refractivity contribution in [3.63, 3.8) is 0 Å². The third kappa shape index (κ3) is 4.12. The lowest BCUT2D eigenvalue weighted by atomic mass is 10.2. The Kier molecular flexibility index (Phi) is 4.36. The van der Waals surface area contributed by atoms with Crippen LogP contribution < -0.4 is 0 Å². The van der Waals surface area contributed by atoms with Crippen molar-refractivity contribution in [3.05, 3.63) is 83.9 Å². The van der Waals surface area contributed by atoms with E-state index < -0.39 is 0 Å². The minimum Gasteiger partial charge on any atom is -0.0801 e. The first-order valence-corrected chi connectivity index (χ1v) is 5.88. The topological polar surface area (TPSA) is 0 Å². The molecule has 2 aromatic carbocycles. The summed E-state index contributed by atoms with van der Waals surface area (Å²) in [5, 5.41) is 0. The molecule has 84 valence electrons. The Morgan fingerprint density at radius 3 is 1.41 bits per heavy atom. The van der Waals surface area contributed by atoms with Crippen LogP contribution in [0.25, 0.3) is 12.2 Å². The average molecular weight is 220 g/mol. The molecule has 0 aromatic heterocycles. The quantitative estimate of drug-likeness (QED) is 0.694. The minimum atomic E-state index is 0.962. The Hall–Kier alpha value is -2.08. The van der Waals surface area contributed by atoms with E-state index in [1.807, 2.05) is 12.1 Å². The van der Waals surface area contributed by atoms with Crippen molar-refractivity contribution in [2.75, 3.05) is 0 Å². The van der Waals surface area contributed by atoms with Crippen LogP contribution in [0, 0.1) is 0 Å². The van der Waals surface area contributed by atoms with Crippen LogP contribution >= 0.6 is 0 Å². The van der Waals surface area contributed by atoms with Gasteiger partial charge in [0.05, 0.1) is 0 Å². The van der Waals surface area contributed by atoms with Gasteiger partial charge in [-0.3, -0.25) is 0 Å². The zero-order chi connectivity index (χ0) is 11.8. The van der Waals surface area contributed by atoms with Crippen molar-refractivity contribution in [2.45, 2.75) is 6.42 Å². The van der Waals surface area contributed by atoms with E-state index in [4.69, 9.17) is 0 Å². The largest absolute Gasteiger partial charge is 0.0801 e. The fraction of sp³-hybridized carbons (Fsp3) is 0.0588. The molecule has 0 spiro atoms. The van der Waals surface area contributed by atoms with Crippen LogP contribution in [0.2, 0.25) is 0 Å². The lowest BCUT2D eigenvalue weighted by molar-refractivity contribution is 1.42. The molecule has 0 saturated heterocycles. The number of hydrogen-bond donors (Lipinski definition) is 0. The second kappa shape index (κ2) is 6.49. The molecule has 0 aliphatic rings. The molecule has 0 saturated carbocycles. The molecule has 0 aliphatic heterocycles. The van der Waals surface area contributed by atoms with Gasteiger partial charge >= 0.3 is 0 Å². The maximum Gasteiger partial charge on any atom is -0.0163 e. The van der Waals surface area contributed by atoms with Crippen molar-refractivity contribution >= 4 is 12.2 Å². The summed E-state index contributed by atoms with van der Waals surface area (Å²) in [5.41, 5.74) is 2.50. The van der Waals surface area contributed by atoms with Crippen LogP contribution in [0.5, 0.6) is 0 Å². The van der Waals surface area contributed by atoms with Gasteiger partial charge < -0.3 is 0 Å². The molecule has 0 fully saturated rings. The van der Waals surface area contributed by atoms with Crippen LogP contribution in [0.3, 0.4) is 0 Å². The van der Waals surface area contributed by atoms with Gasteiger partial charge in [0.2, 0.25) is 0 Å². The lowest BCUT2D eigenvalue weighted by Crippen LogP contribution is -1.69. The van der Waals surface area contributed by atoms with Crippen LogP contribution in [0.15, 0.2) is 72.8 Å². The van der Waals surface area contributed by atoms with E-state index >= 15 is 0 Å². The van der Waals surface area contributed by atoms with Gasteiger partial charge in [-0.2, -0.15) is 0 Å². The molecule has 0 N–H and O–H groups in total. The highest BCUT2D eigenvalue weighted by molar-refractivity contribution is 5.51. The van der Waals surface area contributed by atoms with Crippen LogP contribution in [0.1, 0.15) is 17.5 Å². The fourth-order valence-corrected chi connectivity index (χ4v) is 1.62. The maximum atomic E-state index is 2.18. The highest BCUT2D eigenvalue weighted by Gasteiger charge is 1.82. The predicted molar refractivity (Wildman–Crippen MR) is 75.6 cm³/mol. The Bertz CT molecular complexity index is 430. The zero-order valence-corrected chi connectivity index (χ0v) is 9.79. The summed E-state index contributed by atoms with van der Waals surface area (Å²) in [6, 6.07) is 20.7. The Morgan fingerprint density at radius 1 is 0.588 bits per heavy atom. The average Bonchev–Trinajstić information content (AvgIpc) is 2.41. The number of rotatable bonds is 4. The molecule has 0 aliphatic carbocycles. The first kappa shape index (κ1) is 11.4. The summed E-state index contributed by atoms with van der Waals surface area (Å²) in [6.45, 7) is 0. The van der Waals surface area contributed by atoms with Crippen LogP contribution in [-0.2, 0) is 0 Å². The number of allylic oxidation sites excluding steroid dienone is 2. The second-order valence-electron chi connectivity index (χ2n) is 3.86. The predicted octanol–water partition coefficient (Wildman–Crippen LogP) is 4.80. The molecule has 0 radical (unpaired) electrons. The van der Waals surface area contributed by atoms with Gasteiger partial charge in [0.1, 0.15) is 0 Å². The van der Waals surface area contributed by atoms with Gasteiger partial charge in [0.15, 0.2) is 0 Å². The standard InChI is InChI=1S/C17H16/c1-4-10-16(11-5-1)14-8-3-9-15-17-12-6-2-7-13-17/h1-2,4-15H,3H2/b14-8+,15-9?. The Balaban J connectivity index is 1.84. The minimum absolute atomic E-state index is 0.962. The van der Waals surface area contributed by atoms with E-state index in [9.17, 15) is 0 Å². The van der Waals surface area contributed by atoms with E-state index in [0.29, 0.717) is 0 Å². The molecule has 2 aromatic rings. The SMILES string of the molecule is C(=Cc1ccccc1)C/C=C/c1ccccc1. The summed E-state index contributed by atoms with van der Waals surface area (Å²) in [5.74, 6) is 0. The molecule has 0 heteroatoms. The van der Waals surface area contributed by atoms with Gasteiger partial charge in [0.25, 0.3) is 0 Å². The van der Waals surface area contributed by atoms with Crippen LogP contribution in [-0.4, -0.2) is 0 Å². The summed E-state index contributed by atoms with van der Waals surface area (Å²) < 4.78 is 0. The molecular formula is C17H16. The summed E-state index contributed by atoms with van der Waals surface area (Å²) in [4.78, 5) is 0. The Labute approximate surface area is 103 Å². The van der Waals surface area contributed by atoms with E-state index in [1.54, 1.807) is 0 Å². The normalized spacial score (nSPS) is 11.3. The third-order valence-electron chi connectivity index (χ3n) is 2.49. The van der Waals surface area contributed by atoms with Gasteiger partial charge in [0, 0.05) is 0 Å². The monoisotopic (exact) mass is 220 g/mol. The molecule has 2 rings (SSSR count). The van der Waals surface area contributed by atoms with E-state index in [-0.39, 0.29) is 0 Å². The molecule has 0 unspecified atom stereocenters. The first-order valence-electron chi connectivity index (χ1n) is 5.88. The lowest BCUT2D eigenvalue weighted by Gasteiger charge is -1.91. The molecule has 0 nitrogen and oxygen atoms in total. The molecule has 0 amide bonds. The highest BCUT2D eigenvalue weighted by Crippen LogP contribution is 2.04. The van der Waals surface area contributed by atoms with Gasteiger partial charge in [-0.1, -0.05) is 85.0 Å². The van der Waals surface area contributed by atoms with Gasteiger partial charge in [-0.25, -0.2) is 0 Å².